The first-order chi connectivity index (χ1) is 52.2. The first kappa shape index (κ1) is 56.0. The topological polar surface area (TPSA) is 31.1 Å². The molecule has 0 amide bonds. The van der Waals surface area contributed by atoms with Crippen molar-refractivity contribution < 1.29 is 0 Å². The van der Waals surface area contributed by atoms with Crippen molar-refractivity contribution in [1.82, 2.24) is 22.7 Å². The Labute approximate surface area is 603 Å². The molecule has 4 aliphatic rings. The summed E-state index contributed by atoms with van der Waals surface area (Å²) in [7, 11) is 0. The molecule has 25 rings (SSSR count). The lowest BCUT2D eigenvalue weighted by atomic mass is 9.45. The lowest BCUT2D eigenvalue weighted by Crippen LogP contribution is -2.56. The number of rotatable bonds is 6. The molecule has 7 nitrogen and oxygen atoms in total. The Morgan fingerprint density at radius 1 is 0.210 bits per heavy atom. The van der Waals surface area contributed by atoms with Gasteiger partial charge < -0.3 is 32.5 Å². The summed E-state index contributed by atoms with van der Waals surface area (Å²) in [4.78, 5) is 5.13. The van der Waals surface area contributed by atoms with E-state index < -0.39 is 0 Å². The molecule has 0 bridgehead atoms. The van der Waals surface area contributed by atoms with Gasteiger partial charge in [0.2, 0.25) is 0 Å². The van der Waals surface area contributed by atoms with Crippen LogP contribution in [0.25, 0.3) is 159 Å². The fourth-order valence-corrected chi connectivity index (χ4v) is 19.9. The minimum atomic E-state index is -0.175. The number of fused-ring (bicyclic) bond motifs is 24. The maximum absolute atomic E-state index is 2.70. The van der Waals surface area contributed by atoms with Gasteiger partial charge in [0.1, 0.15) is 0 Å². The molecule has 0 fully saturated rings. The molecule has 0 saturated carbocycles. The van der Waals surface area contributed by atoms with E-state index in [-0.39, 0.29) is 13.7 Å². The predicted molar refractivity (Wildman–Crippen MR) is 442 cm³/mol. The van der Waals surface area contributed by atoms with Crippen molar-refractivity contribution in [2.24, 2.45) is 0 Å². The fourth-order valence-electron chi connectivity index (χ4n) is 19.9. The van der Waals surface area contributed by atoms with E-state index in [1.54, 1.807) is 0 Å². The van der Waals surface area contributed by atoms with Crippen LogP contribution in [-0.4, -0.2) is 36.4 Å². The second kappa shape index (κ2) is 20.5. The van der Waals surface area contributed by atoms with E-state index in [1.807, 2.05) is 0 Å². The van der Waals surface area contributed by atoms with Crippen LogP contribution >= 0.6 is 0 Å². The highest BCUT2D eigenvalue weighted by molar-refractivity contribution is 6.91. The maximum atomic E-state index is 2.70. The Morgan fingerprint density at radius 2 is 0.648 bits per heavy atom. The van der Waals surface area contributed by atoms with E-state index in [1.165, 1.54) is 176 Å². The molecule has 21 aromatic rings. The molecule has 0 radical (unpaired) electrons. The third-order valence-electron chi connectivity index (χ3n) is 24.0. The molecule has 0 aliphatic carbocycles. The second-order valence-corrected chi connectivity index (χ2v) is 29.0. The Morgan fingerprint density at radius 3 is 1.31 bits per heavy atom. The van der Waals surface area contributed by atoms with Crippen molar-refractivity contribution in [3.63, 3.8) is 0 Å². The number of hydrogen-bond acceptors (Lipinski definition) is 2. The Hall–Kier alpha value is -13.8. The van der Waals surface area contributed by atoms with Gasteiger partial charge in [0, 0.05) is 138 Å². The zero-order chi connectivity index (χ0) is 68.0. The van der Waals surface area contributed by atoms with Crippen LogP contribution in [0, 0.1) is 0 Å². The van der Waals surface area contributed by atoms with E-state index in [2.05, 4.69) is 378 Å². The Kier molecular flexibility index (Phi) is 10.9. The van der Waals surface area contributed by atoms with E-state index in [9.17, 15) is 0 Å². The van der Waals surface area contributed by atoms with Gasteiger partial charge in [-0.05, 0) is 165 Å². The van der Waals surface area contributed by atoms with Gasteiger partial charge in [-0.15, -0.1) is 0 Å². The molecule has 0 N–H and O–H groups in total. The molecular weight excluding hydrogens is 1270 g/mol. The summed E-state index contributed by atoms with van der Waals surface area (Å²) in [6.07, 6.45) is 0. The highest BCUT2D eigenvalue weighted by Gasteiger charge is 2.46. The first-order valence-corrected chi connectivity index (χ1v) is 36.5. The van der Waals surface area contributed by atoms with Gasteiger partial charge >= 0.3 is 13.7 Å². The molecule has 482 valence electrons. The third kappa shape index (κ3) is 7.26. The summed E-state index contributed by atoms with van der Waals surface area (Å²) >= 11 is 0. The molecule has 9 heterocycles. The van der Waals surface area contributed by atoms with Gasteiger partial charge in [-0.25, -0.2) is 0 Å². The molecule has 0 spiro atoms. The van der Waals surface area contributed by atoms with Crippen molar-refractivity contribution in [2.45, 2.75) is 0 Å². The smallest absolute Gasteiger partial charge is 0.333 e. The number of nitrogens with zero attached hydrogens (tertiary/aromatic N) is 7. The number of hydrogen-bond donors (Lipinski definition) is 0. The van der Waals surface area contributed by atoms with Crippen LogP contribution in [0.3, 0.4) is 0 Å². The lowest BCUT2D eigenvalue weighted by Gasteiger charge is -2.41. The average Bonchev–Trinajstić information content (AvgIpc) is 1.61. The van der Waals surface area contributed by atoms with Crippen LogP contribution < -0.4 is 31.7 Å². The van der Waals surface area contributed by atoms with Crippen LogP contribution in [0.15, 0.2) is 346 Å². The summed E-state index contributed by atoms with van der Waals surface area (Å²) in [5.74, 6) is 0. The first-order valence-electron chi connectivity index (χ1n) is 36.5. The Balaban J connectivity index is 0.700. The van der Waals surface area contributed by atoms with Crippen LogP contribution in [0.5, 0.6) is 0 Å². The van der Waals surface area contributed by atoms with Crippen molar-refractivity contribution in [2.75, 3.05) is 9.80 Å². The third-order valence-corrected chi connectivity index (χ3v) is 24.0. The van der Waals surface area contributed by atoms with Crippen LogP contribution in [0.4, 0.5) is 34.1 Å². The highest BCUT2D eigenvalue weighted by Crippen LogP contribution is 2.53. The van der Waals surface area contributed by atoms with E-state index in [0.717, 1.165) is 39.7 Å². The largest absolute Gasteiger partial charge is 0.375 e. The lowest BCUT2D eigenvalue weighted by molar-refractivity contribution is 1.16. The normalized spacial score (nSPS) is 13.3. The average molecular weight is 1330 g/mol. The summed E-state index contributed by atoms with van der Waals surface area (Å²) in [5, 5.41) is 12.5. The van der Waals surface area contributed by atoms with Crippen LogP contribution in [-0.2, 0) is 0 Å². The molecule has 0 atom stereocenters. The Bertz CT molecular complexity index is 7330. The molecule has 0 saturated heterocycles. The van der Waals surface area contributed by atoms with E-state index in [0.29, 0.717) is 0 Å². The molecule has 0 unspecified atom stereocenters. The molecule has 4 aliphatic heterocycles. The van der Waals surface area contributed by atoms with Crippen LogP contribution in [0.1, 0.15) is 0 Å². The van der Waals surface area contributed by atoms with Crippen molar-refractivity contribution in [3.8, 4) is 50.4 Å². The maximum Gasteiger partial charge on any atom is 0.333 e. The minimum Gasteiger partial charge on any atom is -0.375 e. The SMILES string of the molecule is c1ccc(N2c3cc(-n4c5ccccc5c5ccccc54)ccc3B3c4c(cc(-n5c6ccccc6c6ccccc65)cc42)-c2cccc4c5cc(-c6ccc(N7c8ccccc8B8c9c7cc7c(c9-c9cccc%10c%11ccccc%11n8c9%10)c8ccccc8n7-c7ccccc7)cc6)ccc5n3c24)cc1. The summed E-state index contributed by atoms with van der Waals surface area (Å²) in [6, 6.07) is 130. The predicted octanol–water partition coefficient (Wildman–Crippen LogP) is 21.7. The summed E-state index contributed by atoms with van der Waals surface area (Å²) < 4.78 is 12.8. The monoisotopic (exact) mass is 1330 g/mol. The highest BCUT2D eigenvalue weighted by atomic mass is 15.2. The quantitative estimate of drug-likeness (QED) is 0.155. The zero-order valence-corrected chi connectivity index (χ0v) is 56.7. The zero-order valence-electron chi connectivity index (χ0n) is 56.7. The second-order valence-electron chi connectivity index (χ2n) is 29.0. The van der Waals surface area contributed by atoms with Crippen LogP contribution in [0.2, 0.25) is 0 Å². The summed E-state index contributed by atoms with van der Waals surface area (Å²) in [6.45, 7) is -0.256. The van der Waals surface area contributed by atoms with E-state index >= 15 is 0 Å². The number of aromatic nitrogens is 5. The van der Waals surface area contributed by atoms with E-state index in [4.69, 9.17) is 0 Å². The number of para-hydroxylation sites is 11. The molecule has 16 aromatic carbocycles. The molecular formula is C96H57B2N7. The van der Waals surface area contributed by atoms with Gasteiger partial charge in [0.15, 0.2) is 0 Å². The standard InChI is InChI=1S/C96H57B2N7/c1-3-23-60(24-4-1)99-83-42-18-12-32-73(83)91-88(99)57-90-94-92(91)74-36-22-33-70-69-31-11-19-43-84(69)104(96(70)74)98(94)77-37-13-20-44-86(77)100(90)62-48-45-58(46-49-62)59-47-52-85-75(53-59)71-34-21-35-72-76-54-64(103-81-40-16-9-29-67(81)68-30-10-17-41-82(68)103)56-89-93(76)97(105(85)95(71)72)78-51-50-63(55-87(78)101(89)61-25-5-2-6-26-61)102-79-38-14-7-27-65(79)66-28-8-15-39-80(66)102/h1-57H. The van der Waals surface area contributed by atoms with Gasteiger partial charge in [0.25, 0.3) is 0 Å². The van der Waals surface area contributed by atoms with Gasteiger partial charge in [-0.3, -0.25) is 0 Å². The fraction of sp³-hybridized carbons (Fsp3) is 0. The van der Waals surface area contributed by atoms with Gasteiger partial charge in [0.05, 0.1) is 33.1 Å². The van der Waals surface area contributed by atoms with Crippen molar-refractivity contribution >= 4 is 179 Å². The summed E-state index contributed by atoms with van der Waals surface area (Å²) in [5.41, 5.74) is 35.0. The van der Waals surface area contributed by atoms with Crippen molar-refractivity contribution in [1.29, 1.82) is 0 Å². The number of anilines is 6. The minimum absolute atomic E-state index is 0.0807. The molecule has 105 heavy (non-hydrogen) atoms. The molecule has 5 aromatic heterocycles. The number of benzene rings is 16. The van der Waals surface area contributed by atoms with Gasteiger partial charge in [-0.1, -0.05) is 224 Å². The molecule has 9 heteroatoms. The van der Waals surface area contributed by atoms with Gasteiger partial charge in [-0.2, -0.15) is 0 Å². The van der Waals surface area contributed by atoms with Crippen molar-refractivity contribution in [3.05, 3.63) is 346 Å².